The molecule has 1 aliphatic carbocycles. The lowest BCUT2D eigenvalue weighted by atomic mass is 10.1. The van der Waals surface area contributed by atoms with Crippen molar-refractivity contribution in [2.75, 3.05) is 13.6 Å². The number of aromatic nitrogens is 4. The molecule has 1 saturated heterocycles. The minimum absolute atomic E-state index is 0.0618. The van der Waals surface area contributed by atoms with Gasteiger partial charge in [0, 0.05) is 19.5 Å². The summed E-state index contributed by atoms with van der Waals surface area (Å²) in [6, 6.07) is 0.0618. The number of Topliss-reactive ketones (excluding diaryl/α,β-unsaturated/α-hetero) is 1. The molecule has 1 aromatic rings. The molecular weight excluding hydrogens is 206 g/mol. The van der Waals surface area contributed by atoms with E-state index < -0.39 is 0 Å². The van der Waals surface area contributed by atoms with Gasteiger partial charge in [-0.1, -0.05) is 0 Å². The van der Waals surface area contributed by atoms with Crippen molar-refractivity contribution in [1.29, 1.82) is 0 Å². The zero-order chi connectivity index (χ0) is 11.4. The SMILES string of the molecule is CC(=O)[C@@H]1[C@H]2C(c3nnnn3C)[C@H]2CN1C. The Kier molecular flexibility index (Phi) is 1.92. The minimum atomic E-state index is 0.0618. The highest BCUT2D eigenvalue weighted by molar-refractivity contribution is 5.83. The molecule has 16 heavy (non-hydrogen) atoms. The summed E-state index contributed by atoms with van der Waals surface area (Å²) >= 11 is 0. The van der Waals surface area contributed by atoms with Crippen LogP contribution in [0, 0.1) is 11.8 Å². The second-order valence-corrected chi connectivity index (χ2v) is 4.92. The minimum Gasteiger partial charge on any atom is -0.298 e. The molecule has 86 valence electrons. The monoisotopic (exact) mass is 221 g/mol. The highest BCUT2D eigenvalue weighted by Gasteiger charge is 2.63. The molecule has 2 aliphatic rings. The van der Waals surface area contributed by atoms with E-state index in [4.69, 9.17) is 0 Å². The number of piperidine rings is 1. The molecular formula is C10H15N5O. The Morgan fingerprint density at radius 3 is 2.75 bits per heavy atom. The van der Waals surface area contributed by atoms with Gasteiger partial charge in [0.15, 0.2) is 5.82 Å². The molecule has 0 amide bonds. The molecule has 1 aliphatic heterocycles. The second-order valence-electron chi connectivity index (χ2n) is 4.92. The van der Waals surface area contributed by atoms with E-state index >= 15 is 0 Å². The molecule has 1 aromatic heterocycles. The van der Waals surface area contributed by atoms with Crippen LogP contribution in [0.4, 0.5) is 0 Å². The first-order chi connectivity index (χ1) is 7.61. The van der Waals surface area contributed by atoms with E-state index in [1.807, 2.05) is 14.1 Å². The molecule has 0 spiro atoms. The van der Waals surface area contributed by atoms with Crippen molar-refractivity contribution in [3.63, 3.8) is 0 Å². The molecule has 2 fully saturated rings. The maximum Gasteiger partial charge on any atom is 0.154 e. The van der Waals surface area contributed by atoms with E-state index in [2.05, 4.69) is 20.4 Å². The summed E-state index contributed by atoms with van der Waals surface area (Å²) in [7, 11) is 3.88. The van der Waals surface area contributed by atoms with Gasteiger partial charge in [0.05, 0.1) is 6.04 Å². The van der Waals surface area contributed by atoms with Crippen LogP contribution in [-0.2, 0) is 11.8 Å². The number of likely N-dealkylation sites (N-methyl/N-ethyl adjacent to an activating group) is 1. The number of ketones is 1. The van der Waals surface area contributed by atoms with Crippen molar-refractivity contribution in [2.45, 2.75) is 18.9 Å². The van der Waals surface area contributed by atoms with E-state index in [1.165, 1.54) is 0 Å². The van der Waals surface area contributed by atoms with Gasteiger partial charge in [-0.2, -0.15) is 0 Å². The third kappa shape index (κ3) is 1.16. The highest BCUT2D eigenvalue weighted by atomic mass is 16.1. The number of carbonyl (C=O) groups is 1. The number of nitrogens with zero attached hydrogens (tertiary/aromatic N) is 5. The average molecular weight is 221 g/mol. The fourth-order valence-electron chi connectivity index (χ4n) is 3.27. The lowest BCUT2D eigenvalue weighted by Gasteiger charge is -2.21. The summed E-state index contributed by atoms with van der Waals surface area (Å²) in [5, 5.41) is 11.6. The molecule has 0 radical (unpaired) electrons. The van der Waals surface area contributed by atoms with Crippen molar-refractivity contribution < 1.29 is 4.79 Å². The van der Waals surface area contributed by atoms with Crippen molar-refractivity contribution in [1.82, 2.24) is 25.1 Å². The third-order valence-electron chi connectivity index (χ3n) is 3.94. The summed E-state index contributed by atoms with van der Waals surface area (Å²) in [5.74, 6) is 2.54. The van der Waals surface area contributed by atoms with Gasteiger partial charge in [-0.05, 0) is 36.2 Å². The van der Waals surface area contributed by atoms with E-state index in [0.717, 1.165) is 12.4 Å². The maximum absolute atomic E-state index is 11.6. The summed E-state index contributed by atoms with van der Waals surface area (Å²) in [6.45, 7) is 2.65. The van der Waals surface area contributed by atoms with E-state index in [-0.39, 0.29) is 11.8 Å². The maximum atomic E-state index is 11.6. The molecule has 4 atom stereocenters. The van der Waals surface area contributed by atoms with Crippen LogP contribution in [0.25, 0.3) is 0 Å². The Balaban J connectivity index is 1.86. The Bertz CT molecular complexity index is 442. The molecule has 0 N–H and O–H groups in total. The smallest absolute Gasteiger partial charge is 0.154 e. The predicted octanol–water partition coefficient (Wildman–Crippen LogP) is -0.557. The second kappa shape index (κ2) is 3.10. The van der Waals surface area contributed by atoms with Crippen molar-refractivity contribution in [2.24, 2.45) is 18.9 Å². The van der Waals surface area contributed by atoms with Gasteiger partial charge < -0.3 is 0 Å². The number of carbonyl (C=O) groups excluding carboxylic acids is 1. The Morgan fingerprint density at radius 2 is 2.19 bits per heavy atom. The fourth-order valence-corrected chi connectivity index (χ4v) is 3.27. The van der Waals surface area contributed by atoms with Crippen LogP contribution in [0.2, 0.25) is 0 Å². The predicted molar refractivity (Wildman–Crippen MR) is 55.6 cm³/mol. The zero-order valence-electron chi connectivity index (χ0n) is 9.66. The normalized spacial score (nSPS) is 37.4. The zero-order valence-corrected chi connectivity index (χ0v) is 9.66. The summed E-state index contributed by atoms with van der Waals surface area (Å²) in [6.07, 6.45) is 0. The lowest BCUT2D eigenvalue weighted by Crippen LogP contribution is -2.36. The number of tetrazole rings is 1. The standard InChI is InChI=1S/C10H15N5O/c1-5(16)9-7-6(4-14(9)2)8(7)10-11-12-13-15(10)3/h6-9H,4H2,1-3H3/t6-,7+,8?,9+/m0/s1. The van der Waals surface area contributed by atoms with Gasteiger partial charge in [0.2, 0.25) is 0 Å². The van der Waals surface area contributed by atoms with E-state index in [0.29, 0.717) is 17.8 Å². The van der Waals surface area contributed by atoms with Gasteiger partial charge in [0.1, 0.15) is 5.78 Å². The molecule has 3 rings (SSSR count). The fraction of sp³-hybridized carbons (Fsp3) is 0.800. The molecule has 0 bridgehead atoms. The number of hydrogen-bond acceptors (Lipinski definition) is 5. The number of aryl methyl sites for hydroxylation is 1. The Morgan fingerprint density at radius 1 is 1.44 bits per heavy atom. The van der Waals surface area contributed by atoms with Crippen molar-refractivity contribution >= 4 is 5.78 Å². The number of likely N-dealkylation sites (tertiary alicyclic amines) is 1. The van der Waals surface area contributed by atoms with Crippen LogP contribution in [0.5, 0.6) is 0 Å². The summed E-state index contributed by atoms with van der Waals surface area (Å²) in [4.78, 5) is 13.7. The molecule has 0 aromatic carbocycles. The van der Waals surface area contributed by atoms with Gasteiger partial charge >= 0.3 is 0 Å². The first-order valence-corrected chi connectivity index (χ1v) is 5.54. The van der Waals surface area contributed by atoms with Crippen molar-refractivity contribution in [3.05, 3.63) is 5.82 Å². The van der Waals surface area contributed by atoms with Gasteiger partial charge in [0.25, 0.3) is 0 Å². The molecule has 1 unspecified atom stereocenters. The van der Waals surface area contributed by atoms with Crippen molar-refractivity contribution in [3.8, 4) is 0 Å². The van der Waals surface area contributed by atoms with Gasteiger partial charge in [-0.15, -0.1) is 5.10 Å². The first-order valence-electron chi connectivity index (χ1n) is 5.54. The molecule has 1 saturated carbocycles. The third-order valence-corrected chi connectivity index (χ3v) is 3.94. The largest absolute Gasteiger partial charge is 0.298 e. The number of hydrogen-bond donors (Lipinski definition) is 0. The number of fused-ring (bicyclic) bond motifs is 1. The first kappa shape index (κ1) is 9.89. The van der Waals surface area contributed by atoms with Crippen LogP contribution in [-0.4, -0.2) is 50.5 Å². The topological polar surface area (TPSA) is 63.9 Å². The molecule has 2 heterocycles. The average Bonchev–Trinajstić information content (AvgIpc) is 2.59. The van der Waals surface area contributed by atoms with Gasteiger partial charge in [-0.3, -0.25) is 9.69 Å². The van der Waals surface area contributed by atoms with Crippen LogP contribution in [0.1, 0.15) is 18.7 Å². The van der Waals surface area contributed by atoms with Crippen LogP contribution in [0.3, 0.4) is 0 Å². The van der Waals surface area contributed by atoms with Crippen LogP contribution in [0.15, 0.2) is 0 Å². The lowest BCUT2D eigenvalue weighted by molar-refractivity contribution is -0.121. The summed E-state index contributed by atoms with van der Waals surface area (Å²) < 4.78 is 1.72. The van der Waals surface area contributed by atoms with Gasteiger partial charge in [-0.25, -0.2) is 4.68 Å². The highest BCUT2D eigenvalue weighted by Crippen LogP contribution is 2.60. The van der Waals surface area contributed by atoms with E-state index in [9.17, 15) is 4.79 Å². The number of rotatable bonds is 2. The summed E-state index contributed by atoms with van der Waals surface area (Å²) in [5.41, 5.74) is 0. The molecule has 6 nitrogen and oxygen atoms in total. The Labute approximate surface area is 93.6 Å². The molecule has 6 heteroatoms. The Hall–Kier alpha value is -1.30. The van der Waals surface area contributed by atoms with E-state index in [1.54, 1.807) is 11.6 Å². The van der Waals surface area contributed by atoms with Crippen LogP contribution >= 0.6 is 0 Å². The quantitative estimate of drug-likeness (QED) is 0.670. The van der Waals surface area contributed by atoms with Crippen LogP contribution < -0.4 is 0 Å².